The van der Waals surface area contributed by atoms with Crippen LogP contribution in [-0.4, -0.2) is 0 Å². The molecular formula is C11H18Y-2. The first kappa shape index (κ1) is 11.2. The minimum absolute atomic E-state index is 0. The van der Waals surface area contributed by atoms with Gasteiger partial charge < -0.3 is 13.3 Å². The summed E-state index contributed by atoms with van der Waals surface area (Å²) in [5, 5.41) is 0. The van der Waals surface area contributed by atoms with Crippen molar-refractivity contribution in [3.05, 3.63) is 13.3 Å². The Hall–Kier alpha value is 1.10. The van der Waals surface area contributed by atoms with Gasteiger partial charge >= 0.3 is 0 Å². The molecule has 0 aliphatic heterocycles. The molecule has 4 rings (SSSR count). The van der Waals surface area contributed by atoms with Gasteiger partial charge in [-0.15, -0.1) is 0 Å². The average molecular weight is 239 g/mol. The van der Waals surface area contributed by atoms with Gasteiger partial charge in [-0.25, -0.2) is 0 Å². The Morgan fingerprint density at radius 1 is 0.750 bits per heavy atom. The molecule has 0 aromatic heterocycles. The third kappa shape index (κ3) is 1.80. The Kier molecular flexibility index (Phi) is 3.81. The number of hydrogen-bond acceptors (Lipinski definition) is 0. The molecule has 0 unspecified atom stereocenters. The van der Waals surface area contributed by atoms with Crippen LogP contribution < -0.4 is 0 Å². The van der Waals surface area contributed by atoms with Crippen molar-refractivity contribution in [1.82, 2.24) is 0 Å². The van der Waals surface area contributed by atoms with Crippen LogP contribution in [0.4, 0.5) is 0 Å². The molecule has 0 amide bonds. The SMILES string of the molecule is C1[C-]2CC3CC1CC(C2)C3.[CH3-].[Y]. The summed E-state index contributed by atoms with van der Waals surface area (Å²) in [7, 11) is 0. The van der Waals surface area contributed by atoms with Gasteiger partial charge in [0.05, 0.1) is 0 Å². The average Bonchev–Trinajstić information content (AvgIpc) is 1.82. The Balaban J connectivity index is 0.000000360. The molecule has 4 fully saturated rings. The third-order valence-corrected chi connectivity index (χ3v) is 3.73. The van der Waals surface area contributed by atoms with E-state index in [1.807, 2.05) is 5.92 Å². The molecule has 0 atom stereocenters. The van der Waals surface area contributed by atoms with E-state index in [1.165, 1.54) is 19.3 Å². The fourth-order valence-electron chi connectivity index (χ4n) is 3.68. The Morgan fingerprint density at radius 3 is 1.33 bits per heavy atom. The Bertz CT molecular complexity index is 96.6. The maximum Gasteiger partial charge on any atom is 0 e. The molecule has 4 aliphatic rings. The van der Waals surface area contributed by atoms with E-state index in [0.717, 1.165) is 17.8 Å². The van der Waals surface area contributed by atoms with Crippen LogP contribution in [0.2, 0.25) is 0 Å². The first-order valence-corrected chi connectivity index (χ1v) is 4.73. The molecule has 0 aromatic carbocycles. The molecule has 12 heavy (non-hydrogen) atoms. The van der Waals surface area contributed by atoms with Crippen LogP contribution in [0.3, 0.4) is 0 Å². The van der Waals surface area contributed by atoms with Crippen LogP contribution >= 0.6 is 0 Å². The van der Waals surface area contributed by atoms with Gasteiger partial charge in [-0.3, -0.25) is 0 Å². The summed E-state index contributed by atoms with van der Waals surface area (Å²) in [6, 6.07) is 0. The van der Waals surface area contributed by atoms with Crippen molar-refractivity contribution >= 4 is 0 Å². The number of hydrogen-bond donors (Lipinski definition) is 0. The van der Waals surface area contributed by atoms with Gasteiger partial charge in [0.1, 0.15) is 0 Å². The summed E-state index contributed by atoms with van der Waals surface area (Å²) in [5.41, 5.74) is 0. The summed E-state index contributed by atoms with van der Waals surface area (Å²) in [4.78, 5) is 0. The van der Waals surface area contributed by atoms with E-state index in [0.29, 0.717) is 0 Å². The van der Waals surface area contributed by atoms with E-state index in [-0.39, 0.29) is 40.1 Å². The second-order valence-electron chi connectivity index (χ2n) is 4.67. The zero-order valence-corrected chi connectivity index (χ0v) is 10.9. The topological polar surface area (TPSA) is 0 Å². The molecule has 4 saturated carbocycles. The maximum absolute atomic E-state index is 1.93. The second-order valence-corrected chi connectivity index (χ2v) is 4.67. The smallest absolute Gasteiger partial charge is 0 e. The summed E-state index contributed by atoms with van der Waals surface area (Å²) in [5.74, 6) is 5.35. The van der Waals surface area contributed by atoms with Gasteiger partial charge in [0, 0.05) is 32.7 Å². The minimum atomic E-state index is 0. The molecule has 0 nitrogen and oxygen atoms in total. The molecule has 4 bridgehead atoms. The van der Waals surface area contributed by atoms with E-state index in [2.05, 4.69) is 0 Å². The fraction of sp³-hybridized carbons (Fsp3) is 0.818. The molecule has 67 valence electrons. The van der Waals surface area contributed by atoms with E-state index >= 15 is 0 Å². The zero-order valence-electron chi connectivity index (χ0n) is 8.05. The van der Waals surface area contributed by atoms with Crippen LogP contribution in [0.15, 0.2) is 0 Å². The van der Waals surface area contributed by atoms with Crippen LogP contribution in [0.1, 0.15) is 38.5 Å². The van der Waals surface area contributed by atoms with Crippen molar-refractivity contribution < 1.29 is 32.7 Å². The van der Waals surface area contributed by atoms with Crippen molar-refractivity contribution in [3.63, 3.8) is 0 Å². The number of rotatable bonds is 0. The van der Waals surface area contributed by atoms with E-state index in [1.54, 1.807) is 19.3 Å². The van der Waals surface area contributed by atoms with Crippen molar-refractivity contribution in [3.8, 4) is 0 Å². The fourth-order valence-corrected chi connectivity index (χ4v) is 3.68. The molecular weight excluding hydrogens is 221 g/mol. The predicted octanol–water partition coefficient (Wildman–Crippen LogP) is 3.24. The third-order valence-electron chi connectivity index (χ3n) is 3.73. The summed E-state index contributed by atoms with van der Waals surface area (Å²) < 4.78 is 0. The van der Waals surface area contributed by atoms with E-state index in [4.69, 9.17) is 0 Å². The molecule has 0 heterocycles. The summed E-state index contributed by atoms with van der Waals surface area (Å²) in [6.45, 7) is 0. The van der Waals surface area contributed by atoms with Crippen molar-refractivity contribution in [1.29, 1.82) is 0 Å². The molecule has 0 spiro atoms. The first-order valence-electron chi connectivity index (χ1n) is 4.73. The zero-order chi connectivity index (χ0) is 6.55. The molecule has 0 aromatic rings. The van der Waals surface area contributed by atoms with Crippen LogP contribution in [0.25, 0.3) is 0 Å². The standard InChI is InChI=1S/C10H15.CH3.Y/c1-7-2-9-4-8(1)5-10(3-7)6-9;;/h7-9H,1-6H2;1H3;/q2*-1;. The second kappa shape index (κ2) is 4.09. The van der Waals surface area contributed by atoms with E-state index in [9.17, 15) is 0 Å². The van der Waals surface area contributed by atoms with Crippen LogP contribution in [0, 0.1) is 31.1 Å². The predicted molar refractivity (Wildman–Crippen MR) is 47.8 cm³/mol. The summed E-state index contributed by atoms with van der Waals surface area (Å²) in [6.07, 6.45) is 9.31. The van der Waals surface area contributed by atoms with E-state index < -0.39 is 0 Å². The molecule has 0 saturated heterocycles. The van der Waals surface area contributed by atoms with Gasteiger partial charge in [-0.2, -0.15) is 19.3 Å². The largest absolute Gasteiger partial charge is 0.358 e. The summed E-state index contributed by atoms with van der Waals surface area (Å²) >= 11 is 0. The van der Waals surface area contributed by atoms with Gasteiger partial charge in [-0.05, 0) is 0 Å². The van der Waals surface area contributed by atoms with Gasteiger partial charge in [0.2, 0.25) is 0 Å². The quantitative estimate of drug-likeness (QED) is 0.569. The van der Waals surface area contributed by atoms with Gasteiger partial charge in [0.15, 0.2) is 0 Å². The normalized spacial score (nSPS) is 43.5. The Morgan fingerprint density at radius 2 is 1.08 bits per heavy atom. The van der Waals surface area contributed by atoms with Gasteiger partial charge in [-0.1, -0.05) is 37.0 Å². The maximum atomic E-state index is 1.93. The van der Waals surface area contributed by atoms with Crippen LogP contribution in [-0.2, 0) is 32.7 Å². The molecule has 1 heteroatoms. The van der Waals surface area contributed by atoms with Crippen molar-refractivity contribution in [2.24, 2.45) is 17.8 Å². The van der Waals surface area contributed by atoms with Crippen LogP contribution in [0.5, 0.6) is 0 Å². The molecule has 0 N–H and O–H groups in total. The minimum Gasteiger partial charge on any atom is -0.358 e. The first-order chi connectivity index (χ1) is 4.90. The Labute approximate surface area is 102 Å². The van der Waals surface area contributed by atoms with Crippen molar-refractivity contribution in [2.75, 3.05) is 0 Å². The monoisotopic (exact) mass is 239 g/mol. The van der Waals surface area contributed by atoms with Crippen molar-refractivity contribution in [2.45, 2.75) is 38.5 Å². The molecule has 4 aliphatic carbocycles. The molecule has 1 radical (unpaired) electrons. The van der Waals surface area contributed by atoms with Gasteiger partial charge in [0.25, 0.3) is 0 Å².